The van der Waals surface area contributed by atoms with Gasteiger partial charge >= 0.3 is 18.4 Å². The third-order valence-corrected chi connectivity index (χ3v) is 4.13. The predicted molar refractivity (Wildman–Crippen MR) is 95.4 cm³/mol. The van der Waals surface area contributed by atoms with Crippen LogP contribution in [-0.2, 0) is 12.6 Å². The average Bonchev–Trinajstić information content (AvgIpc) is 2.68. The van der Waals surface area contributed by atoms with Gasteiger partial charge in [-0.15, -0.1) is 0 Å². The maximum Gasteiger partial charge on any atom is 0.451 e. The lowest BCUT2D eigenvalue weighted by Gasteiger charge is -2.15. The van der Waals surface area contributed by atoms with E-state index >= 15 is 0 Å². The molecule has 3 aromatic rings. The first kappa shape index (κ1) is 22.5. The summed E-state index contributed by atoms with van der Waals surface area (Å²) in [5.41, 5.74) is -0.981. The van der Waals surface area contributed by atoms with Crippen molar-refractivity contribution < 1.29 is 31.1 Å². The summed E-state index contributed by atoms with van der Waals surface area (Å²) >= 11 is 5.69. The van der Waals surface area contributed by atoms with Crippen molar-refractivity contribution in [1.29, 1.82) is 5.26 Å². The van der Waals surface area contributed by atoms with E-state index in [1.165, 1.54) is 24.5 Å². The van der Waals surface area contributed by atoms with E-state index in [1.807, 2.05) is 0 Å². The summed E-state index contributed by atoms with van der Waals surface area (Å²) in [5.74, 6) is -1.69. The molecular formula is C18H10ClF6N5O. The van der Waals surface area contributed by atoms with Crippen LogP contribution in [-0.4, -0.2) is 26.1 Å². The van der Waals surface area contributed by atoms with Gasteiger partial charge in [-0.3, -0.25) is 0 Å². The van der Waals surface area contributed by atoms with Gasteiger partial charge in [0, 0.05) is 6.42 Å². The first-order valence-electron chi connectivity index (χ1n) is 8.51. The van der Waals surface area contributed by atoms with Crippen molar-refractivity contribution in [2.24, 2.45) is 0 Å². The zero-order valence-electron chi connectivity index (χ0n) is 15.2. The lowest BCUT2D eigenvalue weighted by atomic mass is 10.0. The van der Waals surface area contributed by atoms with Crippen LogP contribution in [0, 0.1) is 11.3 Å². The van der Waals surface area contributed by atoms with Gasteiger partial charge in [0.1, 0.15) is 11.8 Å². The molecule has 0 saturated carbocycles. The second kappa shape index (κ2) is 8.50. The Morgan fingerprint density at radius 3 is 2.29 bits per heavy atom. The largest absolute Gasteiger partial charge is 0.451 e. The number of hydrogen-bond acceptors (Lipinski definition) is 6. The van der Waals surface area contributed by atoms with Gasteiger partial charge in [-0.25, -0.2) is 19.9 Å². The Kier molecular flexibility index (Phi) is 6.17. The number of nitrogens with zero attached hydrogens (tertiary/aromatic N) is 5. The number of aryl methyl sites for hydroxylation is 1. The molecular weight excluding hydrogens is 452 g/mol. The monoisotopic (exact) mass is 461 g/mol. The highest BCUT2D eigenvalue weighted by atomic mass is 35.5. The topological polar surface area (TPSA) is 84.6 Å². The zero-order valence-corrected chi connectivity index (χ0v) is 16.0. The van der Waals surface area contributed by atoms with E-state index in [4.69, 9.17) is 16.3 Å². The van der Waals surface area contributed by atoms with Crippen LogP contribution in [0.5, 0.6) is 11.8 Å². The van der Waals surface area contributed by atoms with Crippen molar-refractivity contribution in [3.63, 3.8) is 0 Å². The smallest absolute Gasteiger partial charge is 0.424 e. The summed E-state index contributed by atoms with van der Waals surface area (Å²) in [4.78, 5) is 14.5. The summed E-state index contributed by atoms with van der Waals surface area (Å²) in [5, 5.41) is 9.36. The lowest BCUT2D eigenvalue weighted by Crippen LogP contribution is -2.14. The number of nitriles is 1. The summed E-state index contributed by atoms with van der Waals surface area (Å²) in [6.07, 6.45) is -9.28. The molecule has 0 bridgehead atoms. The number of alkyl halides is 6. The Balaban J connectivity index is 2.17. The quantitative estimate of drug-likeness (QED) is 0.457. The molecule has 13 heteroatoms. The van der Waals surface area contributed by atoms with Gasteiger partial charge in [-0.1, -0.05) is 11.6 Å². The van der Waals surface area contributed by atoms with Gasteiger partial charge < -0.3 is 4.74 Å². The second-order valence-corrected chi connectivity index (χ2v) is 6.63. The molecule has 0 radical (unpaired) electrons. The number of aromatic nitrogens is 4. The van der Waals surface area contributed by atoms with Crippen LogP contribution in [0.3, 0.4) is 0 Å². The molecule has 0 aliphatic rings. The molecule has 0 fully saturated rings. The maximum atomic E-state index is 13.3. The number of benzene rings is 1. The van der Waals surface area contributed by atoms with E-state index in [0.717, 1.165) is 0 Å². The fourth-order valence-corrected chi connectivity index (χ4v) is 2.77. The molecule has 0 saturated heterocycles. The van der Waals surface area contributed by atoms with Crippen LogP contribution in [0.15, 0.2) is 24.5 Å². The molecule has 0 aliphatic heterocycles. The maximum absolute atomic E-state index is 13.3. The van der Waals surface area contributed by atoms with Crippen LogP contribution < -0.4 is 4.74 Å². The molecule has 6 nitrogen and oxygen atoms in total. The number of halogens is 7. The van der Waals surface area contributed by atoms with Crippen molar-refractivity contribution in [1.82, 2.24) is 19.9 Å². The van der Waals surface area contributed by atoms with Gasteiger partial charge in [-0.05, 0) is 25.0 Å². The minimum atomic E-state index is -4.98. The van der Waals surface area contributed by atoms with E-state index in [9.17, 15) is 31.6 Å². The standard InChI is InChI=1S/C18H10ClF6N5O/c19-10-7-27-16(28-8-10)31-12-4-3-9(6-26)14-13(12)11(2-1-5-17(20,21)22)29-15(30-14)18(23,24)25/h3-4,7-8H,1-2,5H2. The van der Waals surface area contributed by atoms with E-state index in [2.05, 4.69) is 19.9 Å². The predicted octanol–water partition coefficient (Wildman–Crippen LogP) is 5.64. The van der Waals surface area contributed by atoms with Gasteiger partial charge in [0.05, 0.1) is 39.6 Å². The molecule has 1 aromatic carbocycles. The molecule has 3 rings (SSSR count). The van der Waals surface area contributed by atoms with E-state index in [-0.39, 0.29) is 33.4 Å². The second-order valence-electron chi connectivity index (χ2n) is 6.19. The summed E-state index contributed by atoms with van der Waals surface area (Å²) < 4.78 is 83.0. The van der Waals surface area contributed by atoms with Gasteiger partial charge in [0.15, 0.2) is 0 Å². The molecule has 2 aromatic heterocycles. The first-order valence-corrected chi connectivity index (χ1v) is 8.89. The van der Waals surface area contributed by atoms with Gasteiger partial charge in [0.25, 0.3) is 0 Å². The molecule has 0 atom stereocenters. The fraction of sp³-hybridized carbons (Fsp3) is 0.278. The number of rotatable bonds is 5. The van der Waals surface area contributed by atoms with Crippen molar-refractivity contribution in [2.75, 3.05) is 0 Å². The first-order chi connectivity index (χ1) is 14.5. The molecule has 2 heterocycles. The highest BCUT2D eigenvalue weighted by Crippen LogP contribution is 2.36. The molecule has 0 spiro atoms. The van der Waals surface area contributed by atoms with Crippen LogP contribution in [0.25, 0.3) is 10.9 Å². The fourth-order valence-electron chi connectivity index (χ4n) is 2.67. The van der Waals surface area contributed by atoms with Crippen molar-refractivity contribution >= 4 is 22.5 Å². The molecule has 162 valence electrons. The Morgan fingerprint density at radius 1 is 1.03 bits per heavy atom. The van der Waals surface area contributed by atoms with Crippen molar-refractivity contribution in [3.8, 4) is 17.8 Å². The Bertz CT molecular complexity index is 1140. The molecule has 0 amide bonds. The van der Waals surface area contributed by atoms with Crippen LogP contribution >= 0.6 is 11.6 Å². The number of hydrogen-bond donors (Lipinski definition) is 0. The van der Waals surface area contributed by atoms with Crippen LogP contribution in [0.2, 0.25) is 5.02 Å². The highest BCUT2D eigenvalue weighted by molar-refractivity contribution is 6.30. The van der Waals surface area contributed by atoms with E-state index < -0.39 is 43.0 Å². The molecule has 0 N–H and O–H groups in total. The average molecular weight is 462 g/mol. The van der Waals surface area contributed by atoms with E-state index in [1.54, 1.807) is 6.07 Å². The normalized spacial score (nSPS) is 12.1. The summed E-state index contributed by atoms with van der Waals surface area (Å²) in [6, 6.07) is 3.91. The number of ether oxygens (including phenoxy) is 1. The van der Waals surface area contributed by atoms with Gasteiger partial charge in [-0.2, -0.15) is 31.6 Å². The Morgan fingerprint density at radius 2 is 1.71 bits per heavy atom. The Labute approximate surface area is 175 Å². The minimum absolute atomic E-state index is 0.118. The summed E-state index contributed by atoms with van der Waals surface area (Å²) in [7, 11) is 0. The summed E-state index contributed by atoms with van der Waals surface area (Å²) in [6.45, 7) is 0. The zero-order chi connectivity index (χ0) is 22.8. The lowest BCUT2D eigenvalue weighted by molar-refractivity contribution is -0.145. The number of fused-ring (bicyclic) bond motifs is 1. The van der Waals surface area contributed by atoms with Crippen LogP contribution in [0.4, 0.5) is 26.3 Å². The Hall–Kier alpha value is -3.20. The minimum Gasteiger partial charge on any atom is -0.424 e. The van der Waals surface area contributed by atoms with Gasteiger partial charge in [0.2, 0.25) is 5.82 Å². The van der Waals surface area contributed by atoms with Crippen LogP contribution in [0.1, 0.15) is 29.9 Å². The highest BCUT2D eigenvalue weighted by Gasteiger charge is 2.36. The molecule has 31 heavy (non-hydrogen) atoms. The SMILES string of the molecule is N#Cc1ccc(Oc2ncc(Cl)cn2)c2c(CCCC(F)(F)F)nc(C(F)(F)F)nc12. The molecule has 0 unspecified atom stereocenters. The third-order valence-electron chi connectivity index (χ3n) is 3.93. The van der Waals surface area contributed by atoms with Crippen molar-refractivity contribution in [3.05, 3.63) is 46.6 Å². The molecule has 0 aliphatic carbocycles. The van der Waals surface area contributed by atoms with Crippen molar-refractivity contribution in [2.45, 2.75) is 31.6 Å². The third kappa shape index (κ3) is 5.49. The van der Waals surface area contributed by atoms with E-state index in [0.29, 0.717) is 0 Å².